The second-order valence-corrected chi connectivity index (χ2v) is 7.12. The smallest absolute Gasteiger partial charge is 0.313 e. The first-order valence-corrected chi connectivity index (χ1v) is 9.81. The van der Waals surface area contributed by atoms with E-state index in [2.05, 4.69) is 51.7 Å². The van der Waals surface area contributed by atoms with Crippen molar-refractivity contribution < 1.29 is 14.3 Å². The molecule has 2 aromatic rings. The van der Waals surface area contributed by atoms with E-state index in [0.717, 1.165) is 31.7 Å². The molecule has 7 heteroatoms. The number of hydrogen-bond acceptors (Lipinski definition) is 5. The highest BCUT2D eigenvalue weighted by Crippen LogP contribution is 2.22. The van der Waals surface area contributed by atoms with Crippen molar-refractivity contribution in [1.29, 1.82) is 0 Å². The van der Waals surface area contributed by atoms with Gasteiger partial charge in [0.05, 0.1) is 12.8 Å². The summed E-state index contributed by atoms with van der Waals surface area (Å²) in [6.07, 6.45) is 0.663. The van der Waals surface area contributed by atoms with Crippen molar-refractivity contribution in [1.82, 2.24) is 10.2 Å². The number of carbonyl (C=O) groups is 2. The van der Waals surface area contributed by atoms with Crippen LogP contribution in [0.15, 0.2) is 48.5 Å². The maximum Gasteiger partial charge on any atom is 0.313 e. The highest BCUT2D eigenvalue weighted by atomic mass is 16.5. The summed E-state index contributed by atoms with van der Waals surface area (Å²) in [7, 11) is 3.66. The van der Waals surface area contributed by atoms with Crippen molar-refractivity contribution in [3.05, 3.63) is 54.1 Å². The molecule has 1 saturated heterocycles. The van der Waals surface area contributed by atoms with Gasteiger partial charge in [0.2, 0.25) is 0 Å². The Morgan fingerprint density at radius 3 is 2.34 bits per heavy atom. The topological polar surface area (TPSA) is 73.9 Å². The minimum absolute atomic E-state index is 0.395. The third-order valence-electron chi connectivity index (χ3n) is 5.07. The lowest BCUT2D eigenvalue weighted by Gasteiger charge is -2.34. The fourth-order valence-electron chi connectivity index (χ4n) is 3.27. The fraction of sp³-hybridized carbons (Fsp3) is 0.364. The molecule has 3 rings (SSSR count). The van der Waals surface area contributed by atoms with E-state index in [0.29, 0.717) is 24.4 Å². The molecule has 0 radical (unpaired) electrons. The zero-order chi connectivity index (χ0) is 20.6. The molecular weight excluding hydrogens is 368 g/mol. The van der Waals surface area contributed by atoms with Crippen molar-refractivity contribution in [2.75, 3.05) is 57.1 Å². The summed E-state index contributed by atoms with van der Waals surface area (Å²) in [6.45, 7) is 4.61. The predicted octanol–water partition coefficient (Wildman–Crippen LogP) is 1.74. The van der Waals surface area contributed by atoms with E-state index in [1.54, 1.807) is 24.3 Å². The van der Waals surface area contributed by atoms with Gasteiger partial charge in [-0.05, 0) is 43.3 Å². The summed E-state index contributed by atoms with van der Waals surface area (Å²) >= 11 is 0. The Bertz CT molecular complexity index is 830. The molecule has 2 amide bonds. The minimum atomic E-state index is -0.708. The average molecular weight is 396 g/mol. The first-order chi connectivity index (χ1) is 14.1. The molecule has 0 aliphatic carbocycles. The summed E-state index contributed by atoms with van der Waals surface area (Å²) in [5.41, 5.74) is 2.81. The number of piperazine rings is 1. The normalized spacial score (nSPS) is 14.3. The molecule has 2 aromatic carbocycles. The Balaban J connectivity index is 1.44. The molecule has 0 saturated carbocycles. The number of methoxy groups -OCH3 is 1. The van der Waals surface area contributed by atoms with E-state index in [1.807, 2.05) is 0 Å². The average Bonchev–Trinajstić information content (AvgIpc) is 2.75. The Kier molecular flexibility index (Phi) is 7.08. The largest absolute Gasteiger partial charge is 0.495 e. The van der Waals surface area contributed by atoms with Gasteiger partial charge in [-0.3, -0.25) is 9.59 Å². The number of rotatable bonds is 6. The molecule has 0 atom stereocenters. The van der Waals surface area contributed by atoms with Crippen LogP contribution in [0.5, 0.6) is 5.75 Å². The van der Waals surface area contributed by atoms with E-state index in [1.165, 1.54) is 12.8 Å². The summed E-state index contributed by atoms with van der Waals surface area (Å²) in [6, 6.07) is 15.4. The summed E-state index contributed by atoms with van der Waals surface area (Å²) in [5, 5.41) is 5.24. The molecule has 0 bridgehead atoms. The van der Waals surface area contributed by atoms with Crippen molar-refractivity contribution >= 4 is 23.2 Å². The molecule has 154 valence electrons. The first-order valence-electron chi connectivity index (χ1n) is 9.81. The Morgan fingerprint density at radius 2 is 1.66 bits per heavy atom. The maximum absolute atomic E-state index is 12.1. The van der Waals surface area contributed by atoms with Crippen molar-refractivity contribution in [3.8, 4) is 5.75 Å². The van der Waals surface area contributed by atoms with E-state index in [9.17, 15) is 9.59 Å². The van der Waals surface area contributed by atoms with Crippen LogP contribution in [-0.2, 0) is 16.0 Å². The molecule has 2 N–H and O–H groups in total. The van der Waals surface area contributed by atoms with Gasteiger partial charge in [-0.1, -0.05) is 24.3 Å². The minimum Gasteiger partial charge on any atom is -0.495 e. The molecule has 1 aliphatic rings. The van der Waals surface area contributed by atoms with E-state index >= 15 is 0 Å². The Labute approximate surface area is 171 Å². The molecule has 7 nitrogen and oxygen atoms in total. The van der Waals surface area contributed by atoms with Crippen LogP contribution in [0, 0.1) is 0 Å². The second kappa shape index (κ2) is 9.93. The van der Waals surface area contributed by atoms with Gasteiger partial charge in [0.25, 0.3) is 0 Å². The van der Waals surface area contributed by atoms with Crippen LogP contribution in [-0.4, -0.2) is 63.6 Å². The zero-order valence-electron chi connectivity index (χ0n) is 17.0. The summed E-state index contributed by atoms with van der Waals surface area (Å²) < 4.78 is 5.17. The predicted molar refractivity (Wildman–Crippen MR) is 114 cm³/mol. The lowest BCUT2D eigenvalue weighted by atomic mass is 10.1. The standard InChI is InChI=1S/C22H28N4O3/c1-25-13-15-26(16-14-25)18-9-7-17(8-10-18)11-12-23-21(27)22(28)24-19-5-3-4-6-20(19)29-2/h3-10H,11-16H2,1-2H3,(H,23,27)(H,24,28). The lowest BCUT2D eigenvalue weighted by Crippen LogP contribution is -2.44. The van der Waals surface area contributed by atoms with Crippen LogP contribution in [0.2, 0.25) is 0 Å². The number of benzene rings is 2. The number of ether oxygens (including phenoxy) is 1. The monoisotopic (exact) mass is 396 g/mol. The van der Waals surface area contributed by atoms with Gasteiger partial charge in [-0.2, -0.15) is 0 Å². The number of nitrogens with zero attached hydrogens (tertiary/aromatic N) is 2. The van der Waals surface area contributed by atoms with Gasteiger partial charge in [0, 0.05) is 38.4 Å². The van der Waals surface area contributed by atoms with E-state index in [-0.39, 0.29) is 0 Å². The number of hydrogen-bond donors (Lipinski definition) is 2. The quantitative estimate of drug-likeness (QED) is 0.728. The van der Waals surface area contributed by atoms with Crippen LogP contribution < -0.4 is 20.3 Å². The van der Waals surface area contributed by atoms with Crippen LogP contribution in [0.4, 0.5) is 11.4 Å². The third kappa shape index (κ3) is 5.71. The lowest BCUT2D eigenvalue weighted by molar-refractivity contribution is -0.136. The van der Waals surface area contributed by atoms with Crippen molar-refractivity contribution in [3.63, 3.8) is 0 Å². The number of nitrogens with one attached hydrogen (secondary N) is 2. The fourth-order valence-corrected chi connectivity index (χ4v) is 3.27. The van der Waals surface area contributed by atoms with Gasteiger partial charge in [0.1, 0.15) is 5.75 Å². The SMILES string of the molecule is COc1ccccc1NC(=O)C(=O)NCCc1ccc(N2CCN(C)CC2)cc1. The molecular formula is C22H28N4O3. The number of likely N-dealkylation sites (N-methyl/N-ethyl adjacent to an activating group) is 1. The highest BCUT2D eigenvalue weighted by molar-refractivity contribution is 6.39. The second-order valence-electron chi connectivity index (χ2n) is 7.12. The van der Waals surface area contributed by atoms with Gasteiger partial charge < -0.3 is 25.2 Å². The molecule has 29 heavy (non-hydrogen) atoms. The van der Waals surface area contributed by atoms with Crippen LogP contribution >= 0.6 is 0 Å². The van der Waals surface area contributed by atoms with Gasteiger partial charge >= 0.3 is 11.8 Å². The summed E-state index contributed by atoms with van der Waals surface area (Å²) in [4.78, 5) is 28.8. The Morgan fingerprint density at radius 1 is 0.966 bits per heavy atom. The molecule has 0 spiro atoms. The van der Waals surface area contributed by atoms with Gasteiger partial charge in [-0.15, -0.1) is 0 Å². The van der Waals surface area contributed by atoms with Crippen LogP contribution in [0.1, 0.15) is 5.56 Å². The first kappa shape index (κ1) is 20.7. The number of amides is 2. The number of anilines is 2. The highest BCUT2D eigenvalue weighted by Gasteiger charge is 2.16. The number of carbonyl (C=O) groups excluding carboxylic acids is 2. The molecule has 1 fully saturated rings. The number of para-hydroxylation sites is 2. The van der Waals surface area contributed by atoms with Crippen molar-refractivity contribution in [2.45, 2.75) is 6.42 Å². The summed E-state index contributed by atoms with van der Waals surface area (Å²) in [5.74, 6) is -0.862. The van der Waals surface area contributed by atoms with Crippen molar-refractivity contribution in [2.24, 2.45) is 0 Å². The molecule has 1 aliphatic heterocycles. The molecule has 0 unspecified atom stereocenters. The van der Waals surface area contributed by atoms with Crippen LogP contribution in [0.3, 0.4) is 0 Å². The maximum atomic E-state index is 12.1. The zero-order valence-corrected chi connectivity index (χ0v) is 17.0. The molecule has 1 heterocycles. The third-order valence-corrected chi connectivity index (χ3v) is 5.07. The van der Waals surface area contributed by atoms with E-state index in [4.69, 9.17) is 4.74 Å². The van der Waals surface area contributed by atoms with Crippen LogP contribution in [0.25, 0.3) is 0 Å². The van der Waals surface area contributed by atoms with E-state index < -0.39 is 11.8 Å². The molecule has 0 aromatic heterocycles. The van der Waals surface area contributed by atoms with Gasteiger partial charge in [-0.25, -0.2) is 0 Å². The Hall–Kier alpha value is -3.06. The van der Waals surface area contributed by atoms with Gasteiger partial charge in [0.15, 0.2) is 0 Å².